The standard InChI is InChI=1S/C26H45BO2/c1-7-9-11-13-16-26(6,17-14-12-10-8-2)24(28)29-21-22-15-18-27-20-23(22)19-25(3,4)5/h15,18,20H,7-14,16-17,19,21H2,1-6H3. The molecular formula is C26H45BO2. The summed E-state index contributed by atoms with van der Waals surface area (Å²) in [5.41, 5.74) is 2.31. The molecule has 0 aliphatic heterocycles. The second-order valence-corrected chi connectivity index (χ2v) is 10.3. The Bertz CT molecular complexity index is 577. The van der Waals surface area contributed by atoms with E-state index < -0.39 is 0 Å². The molecule has 0 fully saturated rings. The van der Waals surface area contributed by atoms with Crippen LogP contribution < -0.4 is 0 Å². The van der Waals surface area contributed by atoms with Crippen molar-refractivity contribution in [1.29, 1.82) is 0 Å². The van der Waals surface area contributed by atoms with Gasteiger partial charge in [-0.25, -0.2) is 0 Å². The predicted molar refractivity (Wildman–Crippen MR) is 126 cm³/mol. The third-order valence-corrected chi connectivity index (χ3v) is 5.85. The molecule has 0 aliphatic carbocycles. The number of carbonyl (C=O) groups is 1. The Morgan fingerprint density at radius 2 is 1.48 bits per heavy atom. The van der Waals surface area contributed by atoms with Crippen molar-refractivity contribution in [2.75, 3.05) is 0 Å². The van der Waals surface area contributed by atoms with E-state index in [0.717, 1.165) is 37.7 Å². The number of esters is 1. The molecule has 0 aliphatic rings. The molecule has 0 spiro atoms. The zero-order chi connectivity index (χ0) is 21.8. The molecule has 0 radical (unpaired) electrons. The number of ether oxygens (including phenoxy) is 1. The monoisotopic (exact) mass is 400 g/mol. The summed E-state index contributed by atoms with van der Waals surface area (Å²) in [6.07, 6.45) is 12.5. The Morgan fingerprint density at radius 3 is 2.00 bits per heavy atom. The number of rotatable bonds is 14. The van der Waals surface area contributed by atoms with Crippen LogP contribution in [0, 0.1) is 10.8 Å². The van der Waals surface area contributed by atoms with E-state index in [4.69, 9.17) is 4.74 Å². The van der Waals surface area contributed by atoms with Gasteiger partial charge in [0.15, 0.2) is 0 Å². The van der Waals surface area contributed by atoms with Gasteiger partial charge in [0, 0.05) is 0 Å². The van der Waals surface area contributed by atoms with Crippen LogP contribution in [0.3, 0.4) is 0 Å². The maximum atomic E-state index is 13.1. The molecule has 0 saturated heterocycles. The molecule has 0 amide bonds. The molecule has 0 bridgehead atoms. The fourth-order valence-corrected chi connectivity index (χ4v) is 3.97. The van der Waals surface area contributed by atoms with Crippen LogP contribution in [0.2, 0.25) is 0 Å². The summed E-state index contributed by atoms with van der Waals surface area (Å²) in [5.74, 6) is 4.21. The average molecular weight is 400 g/mol. The first-order valence-electron chi connectivity index (χ1n) is 12.0. The number of hydrogen-bond donors (Lipinski definition) is 0. The molecule has 1 aromatic heterocycles. The van der Waals surface area contributed by atoms with E-state index in [1.165, 1.54) is 44.1 Å². The topological polar surface area (TPSA) is 26.3 Å². The van der Waals surface area contributed by atoms with Crippen LogP contribution in [0.1, 0.15) is 117 Å². The van der Waals surface area contributed by atoms with Crippen molar-refractivity contribution in [1.82, 2.24) is 0 Å². The van der Waals surface area contributed by atoms with Crippen molar-refractivity contribution in [2.45, 2.75) is 119 Å². The van der Waals surface area contributed by atoms with Gasteiger partial charge in [-0.05, 0) is 0 Å². The Hall–Kier alpha value is -1.12. The zero-order valence-electron chi connectivity index (χ0n) is 20.1. The van der Waals surface area contributed by atoms with Gasteiger partial charge in [0.05, 0.1) is 0 Å². The summed E-state index contributed by atoms with van der Waals surface area (Å²) in [6, 6.07) is 2.11. The van der Waals surface area contributed by atoms with E-state index in [0.29, 0.717) is 6.61 Å². The van der Waals surface area contributed by atoms with Crippen LogP contribution in [-0.2, 0) is 22.6 Å². The minimum atomic E-state index is -0.347. The average Bonchev–Trinajstić information content (AvgIpc) is 2.66. The van der Waals surface area contributed by atoms with Crippen molar-refractivity contribution in [3.8, 4) is 0 Å². The molecular weight excluding hydrogens is 355 g/mol. The molecule has 0 N–H and O–H groups in total. The molecule has 0 saturated carbocycles. The first-order valence-corrected chi connectivity index (χ1v) is 12.0. The van der Waals surface area contributed by atoms with Crippen molar-refractivity contribution >= 4 is 12.9 Å². The molecule has 0 atom stereocenters. The van der Waals surface area contributed by atoms with Gasteiger partial charge in [-0.15, -0.1) is 0 Å². The van der Waals surface area contributed by atoms with Crippen molar-refractivity contribution in [3.63, 3.8) is 0 Å². The van der Waals surface area contributed by atoms with Gasteiger partial charge in [0.25, 0.3) is 0 Å². The van der Waals surface area contributed by atoms with Gasteiger partial charge in [-0.1, -0.05) is 13.8 Å². The quantitative estimate of drug-likeness (QED) is 0.237. The van der Waals surface area contributed by atoms with Crippen LogP contribution in [0.4, 0.5) is 0 Å². The maximum absolute atomic E-state index is 13.1. The third kappa shape index (κ3) is 10.5. The Balaban J connectivity index is 2.75. The SMILES string of the molecule is CCCCCCC(C)(CCCCCC)C(=O)OCc1ccbcc1CC(C)(C)C. The van der Waals surface area contributed by atoms with Crippen LogP contribution in [0.5, 0.6) is 0 Å². The molecule has 0 unspecified atom stereocenters. The fourth-order valence-electron chi connectivity index (χ4n) is 3.97. The number of unbranched alkanes of at least 4 members (excludes halogenated alkanes) is 6. The molecule has 2 nitrogen and oxygen atoms in total. The second-order valence-electron chi connectivity index (χ2n) is 10.3. The van der Waals surface area contributed by atoms with Gasteiger partial charge < -0.3 is 0 Å². The van der Waals surface area contributed by atoms with Gasteiger partial charge in [0.1, 0.15) is 0 Å². The van der Waals surface area contributed by atoms with E-state index in [1.54, 1.807) is 0 Å². The van der Waals surface area contributed by atoms with Crippen LogP contribution in [0.15, 0.2) is 18.0 Å². The molecule has 0 aromatic carbocycles. The Morgan fingerprint density at radius 1 is 0.897 bits per heavy atom. The Kier molecular flexibility index (Phi) is 11.8. The van der Waals surface area contributed by atoms with E-state index in [1.807, 2.05) is 5.96 Å². The van der Waals surface area contributed by atoms with Crippen molar-refractivity contribution < 1.29 is 9.53 Å². The van der Waals surface area contributed by atoms with Gasteiger partial charge in [-0.2, -0.15) is 0 Å². The summed E-state index contributed by atoms with van der Waals surface area (Å²) in [4.78, 5) is 13.1. The summed E-state index contributed by atoms with van der Waals surface area (Å²) in [6.45, 7) is 15.8. The Labute approximate surface area is 181 Å². The molecule has 1 rings (SSSR count). The minimum absolute atomic E-state index is 0.00365. The summed E-state index contributed by atoms with van der Waals surface area (Å²) in [7, 11) is 0. The second kappa shape index (κ2) is 13.2. The van der Waals surface area contributed by atoms with Gasteiger partial charge in [-0.3, -0.25) is 0 Å². The molecule has 164 valence electrons. The molecule has 1 aromatic rings. The number of carbonyl (C=O) groups excluding carboxylic acids is 1. The summed E-state index contributed by atoms with van der Waals surface area (Å²) in [5, 5.41) is 0. The first kappa shape index (κ1) is 25.9. The third-order valence-electron chi connectivity index (χ3n) is 5.85. The first-order chi connectivity index (χ1) is 13.7. The van der Waals surface area contributed by atoms with Crippen LogP contribution in [-0.4, -0.2) is 12.9 Å². The van der Waals surface area contributed by atoms with Crippen molar-refractivity contribution in [3.05, 3.63) is 29.1 Å². The normalized spacial score (nSPS) is 12.1. The van der Waals surface area contributed by atoms with E-state index in [-0.39, 0.29) is 16.8 Å². The van der Waals surface area contributed by atoms with Gasteiger partial charge in [0.2, 0.25) is 0 Å². The van der Waals surface area contributed by atoms with Crippen LogP contribution >= 0.6 is 0 Å². The van der Waals surface area contributed by atoms with Crippen molar-refractivity contribution in [2.24, 2.45) is 10.8 Å². The van der Waals surface area contributed by atoms with E-state index in [2.05, 4.69) is 60.5 Å². The molecule has 3 heteroatoms. The molecule has 29 heavy (non-hydrogen) atoms. The van der Waals surface area contributed by atoms with Crippen LogP contribution in [0.25, 0.3) is 0 Å². The summed E-state index contributed by atoms with van der Waals surface area (Å²) >= 11 is 0. The summed E-state index contributed by atoms with van der Waals surface area (Å²) < 4.78 is 5.92. The number of hydrogen-bond acceptors (Lipinski definition) is 2. The zero-order valence-corrected chi connectivity index (χ0v) is 20.1. The van der Waals surface area contributed by atoms with Gasteiger partial charge >= 0.3 is 167 Å². The molecule has 1 heterocycles. The fraction of sp³-hybridized carbons (Fsp3) is 0.769. The predicted octanol–water partition coefficient (Wildman–Crippen LogP) is 7.60. The van der Waals surface area contributed by atoms with E-state index in [9.17, 15) is 4.79 Å². The van der Waals surface area contributed by atoms with E-state index >= 15 is 0 Å².